The van der Waals surface area contributed by atoms with Gasteiger partial charge < -0.3 is 20.4 Å². The summed E-state index contributed by atoms with van der Waals surface area (Å²) in [4.78, 5) is 42.3. The summed E-state index contributed by atoms with van der Waals surface area (Å²) in [5.41, 5.74) is 0.360. The van der Waals surface area contributed by atoms with Crippen molar-refractivity contribution in [1.29, 1.82) is 0 Å². The number of carbonyl (C=O) groups excluding carboxylic acids is 3. The maximum atomic E-state index is 13.0. The van der Waals surface area contributed by atoms with Crippen molar-refractivity contribution in [2.75, 3.05) is 33.2 Å². The van der Waals surface area contributed by atoms with Crippen molar-refractivity contribution >= 4 is 17.7 Å². The summed E-state index contributed by atoms with van der Waals surface area (Å²) in [5.74, 6) is -0.913. The molecule has 1 aromatic carbocycles. The van der Waals surface area contributed by atoms with Crippen molar-refractivity contribution in [1.82, 2.24) is 30.2 Å². The van der Waals surface area contributed by atoms with Crippen molar-refractivity contribution in [3.63, 3.8) is 0 Å². The largest absolute Gasteiger partial charge is 0.350 e. The number of fused-ring (bicyclic) bond motifs is 1. The van der Waals surface area contributed by atoms with Gasteiger partial charge in [0.25, 0.3) is 11.8 Å². The summed E-state index contributed by atoms with van der Waals surface area (Å²) in [6, 6.07) is 11.1. The molecule has 1 fully saturated rings. The van der Waals surface area contributed by atoms with Crippen LogP contribution in [-0.4, -0.2) is 76.1 Å². The van der Waals surface area contributed by atoms with Crippen LogP contribution in [0.5, 0.6) is 0 Å². The molecule has 2 aliphatic rings. The second-order valence-corrected chi connectivity index (χ2v) is 8.68. The number of amides is 3. The molecule has 2 aliphatic heterocycles. The monoisotopic (exact) mass is 438 g/mol. The minimum absolute atomic E-state index is 0.173. The van der Waals surface area contributed by atoms with Crippen molar-refractivity contribution in [2.24, 2.45) is 0 Å². The van der Waals surface area contributed by atoms with Crippen molar-refractivity contribution in [3.8, 4) is 0 Å². The Hall–Kier alpha value is -3.20. The van der Waals surface area contributed by atoms with E-state index in [-0.39, 0.29) is 30.0 Å². The van der Waals surface area contributed by atoms with E-state index in [1.807, 2.05) is 30.3 Å². The van der Waals surface area contributed by atoms with Crippen LogP contribution in [0.1, 0.15) is 46.3 Å². The summed E-state index contributed by atoms with van der Waals surface area (Å²) in [5, 5.41) is 10.1. The molecule has 3 amide bonds. The van der Waals surface area contributed by atoms with Crippen LogP contribution in [0.15, 0.2) is 36.4 Å². The van der Waals surface area contributed by atoms with E-state index >= 15 is 0 Å². The predicted octanol–water partition coefficient (Wildman–Crippen LogP) is 0.869. The molecular formula is C23H30N6O3. The highest BCUT2D eigenvalue weighted by molar-refractivity contribution is 6.01. The van der Waals surface area contributed by atoms with Crippen LogP contribution in [0.4, 0.5) is 0 Å². The normalized spacial score (nSPS) is 20.8. The highest BCUT2D eigenvalue weighted by Crippen LogP contribution is 2.26. The first kappa shape index (κ1) is 22.0. The number of nitrogens with one attached hydrogen (secondary N) is 2. The minimum atomic E-state index is -1.12. The van der Waals surface area contributed by atoms with E-state index in [0.717, 1.165) is 25.2 Å². The molecule has 9 nitrogen and oxygen atoms in total. The molecule has 0 saturated carbocycles. The number of rotatable bonds is 7. The fourth-order valence-electron chi connectivity index (χ4n) is 4.23. The van der Waals surface area contributed by atoms with Crippen LogP contribution in [0.2, 0.25) is 0 Å². The maximum absolute atomic E-state index is 13.0. The number of carbonyl (C=O) groups is 3. The highest BCUT2D eigenvalue weighted by Gasteiger charge is 2.46. The molecule has 4 rings (SSSR count). The molecule has 9 heteroatoms. The third kappa shape index (κ3) is 4.38. The molecule has 32 heavy (non-hydrogen) atoms. The standard InChI is InChI=1S/C23H30N6O3/c1-23(22(32)25-15-17-8-4-3-5-9-17)16-29-19(21(31)27(23)2)14-18(26-29)20(30)24-10-13-28-11-6-7-12-28/h3-5,8-9,14H,6-7,10-13,15-16H2,1-2H3,(H,24,30)(H,25,32)/t23-/m0/s1. The van der Waals surface area contributed by atoms with Gasteiger partial charge in [-0.25, -0.2) is 0 Å². The number of nitrogens with zero attached hydrogens (tertiary/aromatic N) is 4. The lowest BCUT2D eigenvalue weighted by molar-refractivity contribution is -0.132. The number of aromatic nitrogens is 2. The van der Waals surface area contributed by atoms with E-state index in [9.17, 15) is 14.4 Å². The molecule has 0 unspecified atom stereocenters. The second-order valence-electron chi connectivity index (χ2n) is 8.68. The summed E-state index contributed by atoms with van der Waals surface area (Å²) in [6.07, 6.45) is 2.41. The van der Waals surface area contributed by atoms with Gasteiger partial charge in [-0.3, -0.25) is 19.1 Å². The first-order chi connectivity index (χ1) is 15.4. The molecule has 0 bridgehead atoms. The zero-order chi connectivity index (χ0) is 22.7. The van der Waals surface area contributed by atoms with Gasteiger partial charge >= 0.3 is 0 Å². The quantitative estimate of drug-likeness (QED) is 0.668. The first-order valence-electron chi connectivity index (χ1n) is 11.1. The van der Waals surface area contributed by atoms with Crippen LogP contribution in [0.25, 0.3) is 0 Å². The second kappa shape index (κ2) is 9.12. The Morgan fingerprint density at radius 1 is 1.12 bits per heavy atom. The molecular weight excluding hydrogens is 408 g/mol. The summed E-state index contributed by atoms with van der Waals surface area (Å²) < 4.78 is 1.47. The van der Waals surface area contributed by atoms with Crippen molar-refractivity contribution < 1.29 is 14.4 Å². The van der Waals surface area contributed by atoms with Crippen LogP contribution >= 0.6 is 0 Å². The van der Waals surface area contributed by atoms with Gasteiger partial charge in [0.05, 0.1) is 6.54 Å². The third-order valence-corrected chi connectivity index (χ3v) is 6.43. The number of benzene rings is 1. The Kier molecular flexibility index (Phi) is 6.27. The Morgan fingerprint density at radius 3 is 2.56 bits per heavy atom. The number of likely N-dealkylation sites (tertiary alicyclic amines) is 1. The maximum Gasteiger partial charge on any atom is 0.272 e. The van der Waals surface area contributed by atoms with Crippen LogP contribution in [0, 0.1) is 0 Å². The van der Waals surface area contributed by atoms with Gasteiger partial charge in [-0.15, -0.1) is 0 Å². The zero-order valence-corrected chi connectivity index (χ0v) is 18.6. The van der Waals surface area contributed by atoms with E-state index in [4.69, 9.17) is 0 Å². The van der Waals surface area contributed by atoms with E-state index in [1.165, 1.54) is 28.5 Å². The lowest BCUT2D eigenvalue weighted by Gasteiger charge is -2.40. The van der Waals surface area contributed by atoms with E-state index in [2.05, 4.69) is 20.6 Å². The Balaban J connectivity index is 1.42. The Morgan fingerprint density at radius 2 is 1.84 bits per heavy atom. The molecule has 0 radical (unpaired) electrons. The fourth-order valence-corrected chi connectivity index (χ4v) is 4.23. The van der Waals surface area contributed by atoms with Crippen molar-refractivity contribution in [3.05, 3.63) is 53.3 Å². The Bertz CT molecular complexity index is 998. The SMILES string of the molecule is CN1C(=O)c2cc(C(=O)NCCN3CCCC3)nn2C[C@@]1(C)C(=O)NCc1ccccc1. The van der Waals surface area contributed by atoms with Crippen LogP contribution in [-0.2, 0) is 17.9 Å². The summed E-state index contributed by atoms with van der Waals surface area (Å²) >= 11 is 0. The van der Waals surface area contributed by atoms with E-state index in [0.29, 0.717) is 18.8 Å². The molecule has 2 N–H and O–H groups in total. The van der Waals surface area contributed by atoms with Gasteiger partial charge in [-0.1, -0.05) is 30.3 Å². The topological polar surface area (TPSA) is 99.6 Å². The van der Waals surface area contributed by atoms with Gasteiger partial charge in [0, 0.05) is 32.7 Å². The fraction of sp³-hybridized carbons (Fsp3) is 0.478. The molecule has 2 aromatic rings. The van der Waals surface area contributed by atoms with E-state index in [1.54, 1.807) is 14.0 Å². The molecule has 1 saturated heterocycles. The minimum Gasteiger partial charge on any atom is -0.350 e. The first-order valence-corrected chi connectivity index (χ1v) is 11.1. The lowest BCUT2D eigenvalue weighted by atomic mass is 9.96. The van der Waals surface area contributed by atoms with Gasteiger partial charge in [0.2, 0.25) is 5.91 Å². The molecule has 1 aromatic heterocycles. The predicted molar refractivity (Wildman–Crippen MR) is 119 cm³/mol. The van der Waals surface area contributed by atoms with E-state index < -0.39 is 5.54 Å². The van der Waals surface area contributed by atoms with Gasteiger partial charge in [-0.05, 0) is 38.4 Å². The van der Waals surface area contributed by atoms with Crippen LogP contribution < -0.4 is 10.6 Å². The molecule has 170 valence electrons. The smallest absolute Gasteiger partial charge is 0.272 e. The van der Waals surface area contributed by atoms with Crippen LogP contribution in [0.3, 0.4) is 0 Å². The van der Waals surface area contributed by atoms with Crippen molar-refractivity contribution in [2.45, 2.75) is 38.4 Å². The van der Waals surface area contributed by atoms with Gasteiger partial charge in [0.15, 0.2) is 5.69 Å². The van der Waals surface area contributed by atoms with Gasteiger partial charge in [-0.2, -0.15) is 5.10 Å². The molecule has 0 spiro atoms. The Labute approximate surface area is 187 Å². The van der Waals surface area contributed by atoms with Gasteiger partial charge in [0.1, 0.15) is 11.2 Å². The lowest BCUT2D eigenvalue weighted by Crippen LogP contribution is -2.62. The summed E-state index contributed by atoms with van der Waals surface area (Å²) in [6.45, 7) is 5.74. The molecule has 0 aliphatic carbocycles. The highest BCUT2D eigenvalue weighted by atomic mass is 16.2. The zero-order valence-electron chi connectivity index (χ0n) is 18.6. The number of likely N-dealkylation sites (N-methyl/N-ethyl adjacent to an activating group) is 1. The average Bonchev–Trinajstić information content (AvgIpc) is 3.46. The number of hydrogen-bond acceptors (Lipinski definition) is 5. The number of hydrogen-bond donors (Lipinski definition) is 2. The summed E-state index contributed by atoms with van der Waals surface area (Å²) in [7, 11) is 1.61. The third-order valence-electron chi connectivity index (χ3n) is 6.43. The average molecular weight is 439 g/mol. The molecule has 1 atom stereocenters. The molecule has 3 heterocycles.